The second-order valence-electron chi connectivity index (χ2n) is 8.49. The molecule has 1 fully saturated rings. The lowest BCUT2D eigenvalue weighted by Gasteiger charge is -2.19. The van der Waals surface area contributed by atoms with Crippen LogP contribution in [0.4, 0.5) is 4.79 Å². The number of aryl methyl sites for hydroxylation is 1. The van der Waals surface area contributed by atoms with Crippen LogP contribution in [0.5, 0.6) is 0 Å². The predicted molar refractivity (Wildman–Crippen MR) is 118 cm³/mol. The number of hydrazine groups is 1. The standard InChI is InChI=1S/C20H30N4O6S/c1-11-14(10-21-22-18(26)30-20(2,3)4)31-17-15(11)16(25)24(12-9-13(12)29-6)19(27)23(17)7-8-28-5/h12-13,21H,7-10H2,1-6H3,(H,22,26). The van der Waals surface area contributed by atoms with E-state index >= 15 is 0 Å². The van der Waals surface area contributed by atoms with Gasteiger partial charge in [-0.3, -0.25) is 19.4 Å². The molecular weight excluding hydrogens is 424 g/mol. The van der Waals surface area contributed by atoms with Crippen molar-refractivity contribution >= 4 is 27.6 Å². The summed E-state index contributed by atoms with van der Waals surface area (Å²) in [5.41, 5.74) is 4.84. The van der Waals surface area contributed by atoms with E-state index in [0.29, 0.717) is 29.8 Å². The van der Waals surface area contributed by atoms with Gasteiger partial charge in [0.2, 0.25) is 0 Å². The highest BCUT2D eigenvalue weighted by Gasteiger charge is 2.42. The number of hydrogen-bond acceptors (Lipinski definition) is 8. The minimum Gasteiger partial charge on any atom is -0.443 e. The zero-order valence-corrected chi connectivity index (χ0v) is 19.6. The number of rotatable bonds is 8. The minimum atomic E-state index is -0.606. The Morgan fingerprint density at radius 3 is 2.55 bits per heavy atom. The molecule has 2 aromatic heterocycles. The molecule has 1 amide bonds. The van der Waals surface area contributed by atoms with Crippen molar-refractivity contribution in [1.82, 2.24) is 20.0 Å². The molecule has 2 unspecified atom stereocenters. The van der Waals surface area contributed by atoms with Crippen LogP contribution in [0.2, 0.25) is 0 Å². The third-order valence-electron chi connectivity index (χ3n) is 5.03. The lowest BCUT2D eigenvalue weighted by Crippen LogP contribution is -2.40. The van der Waals surface area contributed by atoms with Gasteiger partial charge < -0.3 is 14.2 Å². The highest BCUT2D eigenvalue weighted by Crippen LogP contribution is 2.37. The van der Waals surface area contributed by atoms with E-state index in [-0.39, 0.29) is 29.9 Å². The fraction of sp³-hybridized carbons (Fsp3) is 0.650. The Kier molecular flexibility index (Phi) is 6.89. The summed E-state index contributed by atoms with van der Waals surface area (Å²) in [7, 11) is 3.15. The number of nitrogens with zero attached hydrogens (tertiary/aromatic N) is 2. The Morgan fingerprint density at radius 2 is 1.97 bits per heavy atom. The molecule has 172 valence electrons. The monoisotopic (exact) mass is 454 g/mol. The molecule has 2 N–H and O–H groups in total. The van der Waals surface area contributed by atoms with Gasteiger partial charge in [-0.2, -0.15) is 0 Å². The second kappa shape index (κ2) is 9.11. The molecular formula is C20H30N4O6S. The number of methoxy groups -OCH3 is 2. The number of carbonyl (C=O) groups excluding carboxylic acids is 1. The highest BCUT2D eigenvalue weighted by atomic mass is 32.1. The van der Waals surface area contributed by atoms with Crippen LogP contribution in [-0.2, 0) is 27.3 Å². The summed E-state index contributed by atoms with van der Waals surface area (Å²) in [5, 5.41) is 0.511. The van der Waals surface area contributed by atoms with Crippen LogP contribution in [0.1, 0.15) is 43.7 Å². The van der Waals surface area contributed by atoms with Gasteiger partial charge in [0.05, 0.1) is 30.7 Å². The fourth-order valence-electron chi connectivity index (χ4n) is 3.44. The van der Waals surface area contributed by atoms with Crippen molar-refractivity contribution in [1.29, 1.82) is 0 Å². The van der Waals surface area contributed by atoms with Crippen LogP contribution in [0.25, 0.3) is 10.2 Å². The first-order valence-corrected chi connectivity index (χ1v) is 10.9. The molecule has 11 heteroatoms. The van der Waals surface area contributed by atoms with Gasteiger partial charge in [0.1, 0.15) is 10.4 Å². The number of amides is 1. The lowest BCUT2D eigenvalue weighted by molar-refractivity contribution is 0.0497. The SMILES string of the molecule is COCCn1c(=O)n(C2CC2OC)c(=O)c2c(C)c(CNNC(=O)OC(C)(C)C)sc21. The van der Waals surface area contributed by atoms with E-state index in [0.717, 1.165) is 10.4 Å². The van der Waals surface area contributed by atoms with Crippen LogP contribution in [-0.4, -0.2) is 47.8 Å². The molecule has 31 heavy (non-hydrogen) atoms. The zero-order valence-electron chi connectivity index (χ0n) is 18.7. The summed E-state index contributed by atoms with van der Waals surface area (Å²) in [6.45, 7) is 8.15. The molecule has 0 aromatic carbocycles. The number of thiophene rings is 1. The molecule has 1 aliphatic carbocycles. The Hall–Kier alpha value is -2.21. The third kappa shape index (κ3) is 5.00. The average Bonchev–Trinajstić information content (AvgIpc) is 3.37. The van der Waals surface area contributed by atoms with E-state index in [1.54, 1.807) is 39.6 Å². The molecule has 2 heterocycles. The molecule has 0 spiro atoms. The van der Waals surface area contributed by atoms with Crippen LogP contribution in [0.3, 0.4) is 0 Å². The number of hydrogen-bond donors (Lipinski definition) is 2. The molecule has 0 aliphatic heterocycles. The Bertz CT molecular complexity index is 1080. The number of fused-ring (bicyclic) bond motifs is 1. The van der Waals surface area contributed by atoms with Gasteiger partial charge in [0.25, 0.3) is 5.56 Å². The first kappa shape index (κ1) is 23.5. The van der Waals surface area contributed by atoms with E-state index in [1.807, 2.05) is 6.92 Å². The van der Waals surface area contributed by atoms with Crippen molar-refractivity contribution < 1.29 is 19.0 Å². The quantitative estimate of drug-likeness (QED) is 0.584. The molecule has 2 atom stereocenters. The van der Waals surface area contributed by atoms with Gasteiger partial charge in [0, 0.05) is 25.6 Å². The summed E-state index contributed by atoms with van der Waals surface area (Å²) in [6.07, 6.45) is -0.0828. The summed E-state index contributed by atoms with van der Waals surface area (Å²) >= 11 is 1.35. The Balaban J connectivity index is 1.94. The second-order valence-corrected chi connectivity index (χ2v) is 9.57. The molecule has 0 saturated heterocycles. The van der Waals surface area contributed by atoms with E-state index in [9.17, 15) is 14.4 Å². The number of carbonyl (C=O) groups is 1. The maximum Gasteiger partial charge on any atom is 0.422 e. The lowest BCUT2D eigenvalue weighted by atomic mass is 10.2. The minimum absolute atomic E-state index is 0.128. The van der Waals surface area contributed by atoms with Crippen molar-refractivity contribution in [2.45, 2.75) is 65.0 Å². The molecule has 1 saturated carbocycles. The van der Waals surface area contributed by atoms with Gasteiger partial charge in [-0.1, -0.05) is 0 Å². The topological polar surface area (TPSA) is 113 Å². The summed E-state index contributed by atoms with van der Waals surface area (Å²) < 4.78 is 18.6. The first-order valence-electron chi connectivity index (χ1n) is 10.1. The van der Waals surface area contributed by atoms with Crippen LogP contribution in [0.15, 0.2) is 9.59 Å². The molecule has 3 rings (SSSR count). The van der Waals surface area contributed by atoms with Crippen molar-refractivity contribution in [3.63, 3.8) is 0 Å². The maximum atomic E-state index is 13.3. The van der Waals surface area contributed by atoms with Gasteiger partial charge in [-0.25, -0.2) is 15.0 Å². The predicted octanol–water partition coefficient (Wildman–Crippen LogP) is 1.67. The van der Waals surface area contributed by atoms with E-state index < -0.39 is 11.7 Å². The van der Waals surface area contributed by atoms with Crippen LogP contribution < -0.4 is 22.1 Å². The number of aromatic nitrogens is 2. The van der Waals surface area contributed by atoms with Crippen molar-refractivity contribution in [3.8, 4) is 0 Å². The van der Waals surface area contributed by atoms with Crippen molar-refractivity contribution in [3.05, 3.63) is 31.3 Å². The largest absolute Gasteiger partial charge is 0.443 e. The van der Waals surface area contributed by atoms with Gasteiger partial charge >= 0.3 is 11.8 Å². The zero-order chi connectivity index (χ0) is 22.9. The van der Waals surface area contributed by atoms with Crippen molar-refractivity contribution in [2.75, 3.05) is 20.8 Å². The normalized spacial score (nSPS) is 18.4. The molecule has 1 aliphatic rings. The first-order chi connectivity index (χ1) is 14.6. The smallest absolute Gasteiger partial charge is 0.422 e. The molecule has 2 aromatic rings. The highest BCUT2D eigenvalue weighted by molar-refractivity contribution is 7.18. The van der Waals surface area contributed by atoms with Gasteiger partial charge in [0.15, 0.2) is 0 Å². The van der Waals surface area contributed by atoms with Crippen molar-refractivity contribution in [2.24, 2.45) is 0 Å². The van der Waals surface area contributed by atoms with Crippen LogP contribution in [0, 0.1) is 6.92 Å². The third-order valence-corrected chi connectivity index (χ3v) is 6.35. The average molecular weight is 455 g/mol. The maximum absolute atomic E-state index is 13.3. The number of ether oxygens (including phenoxy) is 3. The summed E-state index contributed by atoms with van der Waals surface area (Å²) in [4.78, 5) is 39.7. The Labute approximate surface area is 184 Å². The molecule has 0 bridgehead atoms. The summed E-state index contributed by atoms with van der Waals surface area (Å²) in [5.74, 6) is 0. The summed E-state index contributed by atoms with van der Waals surface area (Å²) in [6, 6.07) is -0.252. The fourth-order valence-corrected chi connectivity index (χ4v) is 4.69. The molecule has 10 nitrogen and oxygen atoms in total. The van der Waals surface area contributed by atoms with E-state index in [2.05, 4.69) is 10.9 Å². The van der Waals surface area contributed by atoms with E-state index in [4.69, 9.17) is 14.2 Å². The van der Waals surface area contributed by atoms with Gasteiger partial charge in [-0.15, -0.1) is 11.3 Å². The number of nitrogens with one attached hydrogen (secondary N) is 2. The van der Waals surface area contributed by atoms with Crippen LogP contribution >= 0.6 is 11.3 Å². The van der Waals surface area contributed by atoms with E-state index in [1.165, 1.54) is 15.9 Å². The Morgan fingerprint density at radius 1 is 1.26 bits per heavy atom. The molecule has 0 radical (unpaired) electrons. The van der Waals surface area contributed by atoms with Gasteiger partial charge in [-0.05, 0) is 39.7 Å².